The monoisotopic (exact) mass is 411 g/mol. The molecule has 0 aliphatic carbocycles. The van der Waals surface area contributed by atoms with E-state index in [1.54, 1.807) is 11.9 Å². The van der Waals surface area contributed by atoms with Gasteiger partial charge in [-0.2, -0.15) is 0 Å². The molecule has 1 aromatic rings. The molecule has 8 nitrogen and oxygen atoms in total. The van der Waals surface area contributed by atoms with Crippen LogP contribution in [0.2, 0.25) is 0 Å². The molecule has 0 saturated carbocycles. The fourth-order valence-corrected chi connectivity index (χ4v) is 4.30. The van der Waals surface area contributed by atoms with E-state index in [1.165, 1.54) is 4.90 Å². The summed E-state index contributed by atoms with van der Waals surface area (Å²) in [5.74, 6) is 1.23. The molecule has 30 heavy (non-hydrogen) atoms. The standard InChI is InChI=1S/C22H29N5O3/c1-5-7-10-13-25-20(28)18-19(24(4)22(25)29)23-21-26(18)14-15(3)27(21)16-11-8-9-12-17(16)30-6-2/h8-9,11-12,14,18-19H,5-7,10,13H2,1-4H3. The van der Waals surface area contributed by atoms with E-state index in [0.29, 0.717) is 19.1 Å². The summed E-state index contributed by atoms with van der Waals surface area (Å²) in [6.07, 6.45) is 4.25. The first kappa shape index (κ1) is 20.3. The third kappa shape index (κ3) is 3.11. The lowest BCUT2D eigenvalue weighted by molar-refractivity contribution is -0.136. The van der Waals surface area contributed by atoms with E-state index in [2.05, 4.69) is 6.92 Å². The van der Waals surface area contributed by atoms with Gasteiger partial charge < -0.3 is 14.5 Å². The number of carbonyl (C=O) groups excluding carboxylic acids is 2. The van der Waals surface area contributed by atoms with E-state index < -0.39 is 12.2 Å². The molecule has 0 spiro atoms. The number of para-hydroxylation sites is 2. The normalized spacial score (nSPS) is 22.9. The highest BCUT2D eigenvalue weighted by Gasteiger charge is 2.54. The number of allylic oxidation sites excluding steroid dienone is 1. The van der Waals surface area contributed by atoms with Crippen molar-refractivity contribution in [1.82, 2.24) is 14.7 Å². The fraction of sp³-hybridized carbons (Fsp3) is 0.500. The van der Waals surface area contributed by atoms with Crippen molar-refractivity contribution in [1.29, 1.82) is 0 Å². The van der Waals surface area contributed by atoms with Gasteiger partial charge in [0.15, 0.2) is 12.2 Å². The predicted octanol–water partition coefficient (Wildman–Crippen LogP) is 3.22. The van der Waals surface area contributed by atoms with Crippen molar-refractivity contribution in [2.24, 2.45) is 4.99 Å². The maximum Gasteiger partial charge on any atom is 0.328 e. The van der Waals surface area contributed by atoms with Gasteiger partial charge in [0.05, 0.1) is 12.3 Å². The number of imide groups is 1. The SMILES string of the molecule is CCCCCN1C(=O)C2C(N=C3N(c4ccccc4OCC)C(C)=CN32)N(C)C1=O. The zero-order valence-electron chi connectivity index (χ0n) is 18.0. The quantitative estimate of drug-likeness (QED) is 0.645. The third-order valence-corrected chi connectivity index (χ3v) is 5.78. The number of hydrogen-bond donors (Lipinski definition) is 0. The van der Waals surface area contributed by atoms with E-state index in [-0.39, 0.29) is 11.9 Å². The number of nitrogens with zero attached hydrogens (tertiary/aromatic N) is 5. The summed E-state index contributed by atoms with van der Waals surface area (Å²) in [4.78, 5) is 37.8. The number of benzene rings is 1. The molecule has 0 N–H and O–H groups in total. The zero-order chi connectivity index (χ0) is 21.4. The Morgan fingerprint density at radius 3 is 2.63 bits per heavy atom. The van der Waals surface area contributed by atoms with Gasteiger partial charge in [-0.05, 0) is 32.4 Å². The largest absolute Gasteiger partial charge is 0.492 e. The van der Waals surface area contributed by atoms with Crippen LogP contribution in [0.15, 0.2) is 41.2 Å². The molecule has 0 aromatic heterocycles. The number of rotatable bonds is 7. The summed E-state index contributed by atoms with van der Waals surface area (Å²) in [7, 11) is 1.72. The molecule has 3 heterocycles. The van der Waals surface area contributed by atoms with Gasteiger partial charge in [-0.15, -0.1) is 0 Å². The van der Waals surface area contributed by atoms with Crippen LogP contribution in [0.5, 0.6) is 5.75 Å². The van der Waals surface area contributed by atoms with Gasteiger partial charge in [-0.25, -0.2) is 9.79 Å². The highest BCUT2D eigenvalue weighted by atomic mass is 16.5. The Balaban J connectivity index is 1.66. The minimum Gasteiger partial charge on any atom is -0.492 e. The van der Waals surface area contributed by atoms with E-state index in [9.17, 15) is 9.59 Å². The Bertz CT molecular complexity index is 912. The molecule has 3 aliphatic rings. The summed E-state index contributed by atoms with van der Waals surface area (Å²) in [6.45, 7) is 7.04. The molecule has 2 atom stereocenters. The number of urea groups is 1. The van der Waals surface area contributed by atoms with E-state index in [1.807, 2.05) is 54.1 Å². The third-order valence-electron chi connectivity index (χ3n) is 5.78. The maximum absolute atomic E-state index is 13.3. The topological polar surface area (TPSA) is 68.7 Å². The smallest absolute Gasteiger partial charge is 0.328 e. The van der Waals surface area contributed by atoms with Gasteiger partial charge >= 0.3 is 6.03 Å². The fourth-order valence-electron chi connectivity index (χ4n) is 4.30. The van der Waals surface area contributed by atoms with Crippen LogP contribution in [0.4, 0.5) is 10.5 Å². The Kier molecular flexibility index (Phi) is 5.40. The molecule has 160 valence electrons. The van der Waals surface area contributed by atoms with Gasteiger partial charge in [-0.3, -0.25) is 14.6 Å². The molecule has 3 aliphatic heterocycles. The van der Waals surface area contributed by atoms with Crippen molar-refractivity contribution in [3.63, 3.8) is 0 Å². The van der Waals surface area contributed by atoms with Crippen LogP contribution >= 0.6 is 0 Å². The summed E-state index contributed by atoms with van der Waals surface area (Å²) in [5, 5.41) is 0. The summed E-state index contributed by atoms with van der Waals surface area (Å²) in [6, 6.07) is 6.97. The van der Waals surface area contributed by atoms with Crippen molar-refractivity contribution in [3.8, 4) is 5.75 Å². The molecule has 2 unspecified atom stereocenters. The van der Waals surface area contributed by atoms with Gasteiger partial charge in [0.2, 0.25) is 5.96 Å². The molecule has 8 heteroatoms. The maximum atomic E-state index is 13.3. The van der Waals surface area contributed by atoms with Crippen molar-refractivity contribution >= 4 is 23.6 Å². The van der Waals surface area contributed by atoms with Crippen LogP contribution in [-0.2, 0) is 4.79 Å². The van der Waals surface area contributed by atoms with Crippen LogP contribution in [0.1, 0.15) is 40.0 Å². The Labute approximate surface area is 177 Å². The zero-order valence-corrected chi connectivity index (χ0v) is 18.0. The second-order valence-electron chi connectivity index (χ2n) is 7.79. The average molecular weight is 412 g/mol. The number of amides is 3. The van der Waals surface area contributed by atoms with Crippen LogP contribution in [0.25, 0.3) is 0 Å². The van der Waals surface area contributed by atoms with Gasteiger partial charge in [0.1, 0.15) is 5.75 Å². The molecule has 1 saturated heterocycles. The molecule has 0 bridgehead atoms. The molecule has 3 amide bonds. The minimum absolute atomic E-state index is 0.179. The number of ether oxygens (including phenoxy) is 1. The number of carbonyl (C=O) groups is 2. The number of likely N-dealkylation sites (N-methyl/N-ethyl adjacent to an activating group) is 1. The number of guanidine groups is 1. The van der Waals surface area contributed by atoms with Crippen molar-refractivity contribution in [2.45, 2.75) is 52.2 Å². The number of aliphatic imine (C=N–C) groups is 1. The molecule has 1 fully saturated rings. The van der Waals surface area contributed by atoms with E-state index >= 15 is 0 Å². The van der Waals surface area contributed by atoms with Crippen LogP contribution < -0.4 is 9.64 Å². The predicted molar refractivity (Wildman–Crippen MR) is 115 cm³/mol. The second kappa shape index (κ2) is 8.01. The molecule has 1 aromatic carbocycles. The van der Waals surface area contributed by atoms with Gasteiger partial charge in [-0.1, -0.05) is 31.9 Å². The molecular weight excluding hydrogens is 382 g/mol. The lowest BCUT2D eigenvalue weighted by Crippen LogP contribution is -2.64. The molecule has 0 radical (unpaired) electrons. The van der Waals surface area contributed by atoms with Gasteiger partial charge in [0, 0.05) is 25.5 Å². The summed E-state index contributed by atoms with van der Waals surface area (Å²) in [5.41, 5.74) is 1.82. The van der Waals surface area contributed by atoms with Crippen molar-refractivity contribution in [3.05, 3.63) is 36.2 Å². The number of unbranched alkanes of at least 4 members (excludes halogenated alkanes) is 2. The second-order valence-corrected chi connectivity index (χ2v) is 7.79. The van der Waals surface area contributed by atoms with E-state index in [0.717, 1.165) is 36.4 Å². The van der Waals surface area contributed by atoms with Crippen molar-refractivity contribution in [2.75, 3.05) is 25.1 Å². The van der Waals surface area contributed by atoms with Crippen LogP contribution in [-0.4, -0.2) is 65.0 Å². The first-order chi connectivity index (χ1) is 14.5. The lowest BCUT2D eigenvalue weighted by atomic mass is 10.1. The Morgan fingerprint density at radius 1 is 1.13 bits per heavy atom. The van der Waals surface area contributed by atoms with Gasteiger partial charge in [0.25, 0.3) is 5.91 Å². The average Bonchev–Trinajstić information content (AvgIpc) is 3.24. The summed E-state index contributed by atoms with van der Waals surface area (Å²) < 4.78 is 5.81. The summed E-state index contributed by atoms with van der Waals surface area (Å²) >= 11 is 0. The molecular formula is C22H29N5O3. The number of hydrogen-bond acceptors (Lipinski definition) is 6. The Hall–Kier alpha value is -3.03. The highest BCUT2D eigenvalue weighted by molar-refractivity contribution is 6.10. The number of fused-ring (bicyclic) bond motifs is 3. The Morgan fingerprint density at radius 2 is 1.90 bits per heavy atom. The van der Waals surface area contributed by atoms with Crippen molar-refractivity contribution < 1.29 is 14.3 Å². The lowest BCUT2D eigenvalue weighted by Gasteiger charge is -2.40. The highest BCUT2D eigenvalue weighted by Crippen LogP contribution is 2.39. The first-order valence-corrected chi connectivity index (χ1v) is 10.6. The molecule has 4 rings (SSSR count). The van der Waals surface area contributed by atoms with E-state index in [4.69, 9.17) is 9.73 Å². The minimum atomic E-state index is -0.538. The number of anilines is 1. The first-order valence-electron chi connectivity index (χ1n) is 10.6. The van der Waals surface area contributed by atoms with Crippen LogP contribution in [0, 0.1) is 0 Å². The van der Waals surface area contributed by atoms with Crippen LogP contribution in [0.3, 0.4) is 0 Å².